The first-order valence-corrected chi connectivity index (χ1v) is 6.96. The zero-order valence-corrected chi connectivity index (χ0v) is 12.7. The van der Waals surface area contributed by atoms with E-state index in [1.807, 2.05) is 0 Å². The highest BCUT2D eigenvalue weighted by atomic mass is 16.7. The summed E-state index contributed by atoms with van der Waals surface area (Å²) in [4.78, 5) is 27.0. The monoisotopic (exact) mass is 317 g/mol. The fraction of sp³-hybridized carbons (Fsp3) is 0.250. The van der Waals surface area contributed by atoms with E-state index in [0.29, 0.717) is 28.0 Å². The predicted octanol–water partition coefficient (Wildman–Crippen LogP) is 2.26. The second kappa shape index (κ2) is 5.68. The Morgan fingerprint density at radius 2 is 2.00 bits per heavy atom. The number of rotatable bonds is 4. The molecular formula is C16H15NO6. The largest absolute Gasteiger partial charge is 0.465 e. The van der Waals surface area contributed by atoms with Crippen molar-refractivity contribution in [3.05, 3.63) is 30.0 Å². The van der Waals surface area contributed by atoms with E-state index in [4.69, 9.17) is 18.9 Å². The van der Waals surface area contributed by atoms with Gasteiger partial charge in [-0.1, -0.05) is 6.58 Å². The van der Waals surface area contributed by atoms with E-state index in [1.54, 1.807) is 19.1 Å². The summed E-state index contributed by atoms with van der Waals surface area (Å²) in [7, 11) is 1.25. The number of H-pyrrole nitrogens is 1. The molecule has 0 spiro atoms. The highest BCUT2D eigenvalue weighted by Gasteiger charge is 2.27. The Balaban J connectivity index is 2.23. The molecule has 0 saturated heterocycles. The molecule has 1 N–H and O–H groups in total. The normalized spacial score (nSPS) is 12.3. The fourth-order valence-corrected chi connectivity index (χ4v) is 2.48. The number of nitrogens with one attached hydrogen (secondary N) is 1. The number of carbonyl (C=O) groups is 2. The molecule has 1 aromatic carbocycles. The number of ether oxygens (including phenoxy) is 4. The van der Waals surface area contributed by atoms with Gasteiger partial charge < -0.3 is 23.9 Å². The van der Waals surface area contributed by atoms with Gasteiger partial charge >= 0.3 is 11.9 Å². The van der Waals surface area contributed by atoms with Crippen LogP contribution >= 0.6 is 0 Å². The molecular weight excluding hydrogens is 302 g/mol. The van der Waals surface area contributed by atoms with E-state index in [1.165, 1.54) is 7.11 Å². The number of aromatic nitrogens is 1. The summed E-state index contributed by atoms with van der Waals surface area (Å²) >= 11 is 0. The Labute approximate surface area is 131 Å². The highest BCUT2D eigenvalue weighted by molar-refractivity contribution is 6.22. The first-order valence-electron chi connectivity index (χ1n) is 6.96. The van der Waals surface area contributed by atoms with Gasteiger partial charge in [0.15, 0.2) is 11.5 Å². The van der Waals surface area contributed by atoms with Crippen LogP contribution in [0.4, 0.5) is 0 Å². The molecule has 7 heteroatoms. The molecule has 2 aromatic rings. The summed E-state index contributed by atoms with van der Waals surface area (Å²) in [5, 5.41) is 0.604. The molecule has 23 heavy (non-hydrogen) atoms. The minimum atomic E-state index is -0.630. The Morgan fingerprint density at radius 3 is 2.65 bits per heavy atom. The lowest BCUT2D eigenvalue weighted by Crippen LogP contribution is -2.10. The van der Waals surface area contributed by atoms with Gasteiger partial charge in [-0.25, -0.2) is 9.59 Å². The molecule has 0 aliphatic carbocycles. The molecule has 0 bridgehead atoms. The molecule has 3 rings (SSSR count). The van der Waals surface area contributed by atoms with Crippen LogP contribution in [0.5, 0.6) is 11.5 Å². The Morgan fingerprint density at radius 1 is 1.30 bits per heavy atom. The fourth-order valence-electron chi connectivity index (χ4n) is 2.48. The minimum absolute atomic E-state index is 0.0562. The van der Waals surface area contributed by atoms with Gasteiger partial charge in [0.1, 0.15) is 5.69 Å². The van der Waals surface area contributed by atoms with E-state index in [0.717, 1.165) is 0 Å². The van der Waals surface area contributed by atoms with Gasteiger partial charge in [0.05, 0.1) is 24.8 Å². The van der Waals surface area contributed by atoms with Crippen LogP contribution < -0.4 is 9.47 Å². The van der Waals surface area contributed by atoms with Gasteiger partial charge in [0.25, 0.3) is 0 Å². The minimum Gasteiger partial charge on any atom is -0.465 e. The standard InChI is InChI=1S/C16H15NO6/c1-4-21-16(19)14-13(8(2)15(18)20-3)9-5-11-12(23-7-22-11)6-10(9)17-14/h5-6,17H,2,4,7H2,1,3H3. The third kappa shape index (κ3) is 2.40. The molecule has 1 aromatic heterocycles. The number of hydrogen-bond donors (Lipinski definition) is 1. The van der Waals surface area contributed by atoms with Crippen molar-refractivity contribution in [2.45, 2.75) is 6.92 Å². The predicted molar refractivity (Wildman–Crippen MR) is 81.4 cm³/mol. The maximum absolute atomic E-state index is 12.2. The molecule has 7 nitrogen and oxygen atoms in total. The lowest BCUT2D eigenvalue weighted by Gasteiger charge is -2.06. The number of hydrogen-bond acceptors (Lipinski definition) is 6. The average Bonchev–Trinajstić information content (AvgIpc) is 3.14. The summed E-state index contributed by atoms with van der Waals surface area (Å²) in [5.74, 6) is -0.116. The lowest BCUT2D eigenvalue weighted by atomic mass is 10.0. The number of fused-ring (bicyclic) bond motifs is 2. The molecule has 0 atom stereocenters. The zero-order valence-electron chi connectivity index (χ0n) is 12.7. The third-order valence-corrected chi connectivity index (χ3v) is 3.50. The van der Waals surface area contributed by atoms with Gasteiger partial charge in [0.2, 0.25) is 6.79 Å². The molecule has 1 aliphatic rings. The summed E-state index contributed by atoms with van der Waals surface area (Å²) in [5.41, 5.74) is 1.14. The first kappa shape index (κ1) is 15.0. The molecule has 120 valence electrons. The van der Waals surface area contributed by atoms with Crippen molar-refractivity contribution < 1.29 is 28.5 Å². The number of methoxy groups -OCH3 is 1. The maximum atomic E-state index is 12.2. The van der Waals surface area contributed by atoms with Crippen molar-refractivity contribution in [2.24, 2.45) is 0 Å². The van der Waals surface area contributed by atoms with Gasteiger partial charge in [0, 0.05) is 17.0 Å². The van der Waals surface area contributed by atoms with Crippen molar-refractivity contribution >= 4 is 28.4 Å². The summed E-state index contributed by atoms with van der Waals surface area (Å²) in [6.45, 7) is 5.77. The van der Waals surface area contributed by atoms with Gasteiger partial charge in [-0.2, -0.15) is 0 Å². The number of esters is 2. The van der Waals surface area contributed by atoms with Gasteiger partial charge in [-0.3, -0.25) is 0 Å². The lowest BCUT2D eigenvalue weighted by molar-refractivity contribution is -0.133. The number of aromatic amines is 1. The van der Waals surface area contributed by atoms with Crippen molar-refractivity contribution in [3.63, 3.8) is 0 Å². The average molecular weight is 317 g/mol. The topological polar surface area (TPSA) is 86.9 Å². The first-order chi connectivity index (χ1) is 11.1. The third-order valence-electron chi connectivity index (χ3n) is 3.50. The molecule has 0 saturated carbocycles. The van der Waals surface area contributed by atoms with Crippen molar-refractivity contribution in [1.82, 2.24) is 4.98 Å². The molecule has 1 aliphatic heterocycles. The van der Waals surface area contributed by atoms with Crippen molar-refractivity contribution in [3.8, 4) is 11.5 Å². The van der Waals surface area contributed by atoms with Crippen LogP contribution in [-0.2, 0) is 14.3 Å². The van der Waals surface area contributed by atoms with E-state index >= 15 is 0 Å². The van der Waals surface area contributed by atoms with E-state index < -0.39 is 11.9 Å². The van der Waals surface area contributed by atoms with Crippen molar-refractivity contribution in [2.75, 3.05) is 20.5 Å². The maximum Gasteiger partial charge on any atom is 0.355 e. The number of carbonyl (C=O) groups excluding carboxylic acids is 2. The van der Waals surface area contributed by atoms with Crippen LogP contribution in [-0.4, -0.2) is 37.4 Å². The van der Waals surface area contributed by atoms with Crippen LogP contribution in [0.1, 0.15) is 23.0 Å². The summed E-state index contributed by atoms with van der Waals surface area (Å²) < 4.78 is 20.4. The highest BCUT2D eigenvalue weighted by Crippen LogP contribution is 2.39. The quantitative estimate of drug-likeness (QED) is 0.687. The smallest absolute Gasteiger partial charge is 0.355 e. The van der Waals surface area contributed by atoms with E-state index in [9.17, 15) is 9.59 Å². The SMILES string of the molecule is C=C(C(=O)OC)c1c(C(=O)OCC)[nH]c2cc3c(cc12)OCO3. The molecule has 0 fully saturated rings. The Bertz CT molecular complexity index is 820. The van der Waals surface area contributed by atoms with Crippen LogP contribution in [0, 0.1) is 0 Å². The molecule has 2 heterocycles. The number of benzene rings is 1. The van der Waals surface area contributed by atoms with E-state index in [2.05, 4.69) is 11.6 Å². The molecule has 0 unspecified atom stereocenters. The van der Waals surface area contributed by atoms with Crippen LogP contribution in [0.2, 0.25) is 0 Å². The van der Waals surface area contributed by atoms with Crippen LogP contribution in [0.25, 0.3) is 16.5 Å². The Kier molecular flexibility index (Phi) is 3.69. The van der Waals surface area contributed by atoms with Crippen LogP contribution in [0.3, 0.4) is 0 Å². The second-order valence-corrected chi connectivity index (χ2v) is 4.82. The summed E-state index contributed by atoms with van der Waals surface area (Å²) in [6.07, 6.45) is 0. The summed E-state index contributed by atoms with van der Waals surface area (Å²) in [6, 6.07) is 3.40. The van der Waals surface area contributed by atoms with Gasteiger partial charge in [-0.05, 0) is 13.0 Å². The van der Waals surface area contributed by atoms with Crippen molar-refractivity contribution in [1.29, 1.82) is 0 Å². The molecule has 0 amide bonds. The zero-order chi connectivity index (χ0) is 16.6. The Hall–Kier alpha value is -2.96. The van der Waals surface area contributed by atoms with Gasteiger partial charge in [-0.15, -0.1) is 0 Å². The van der Waals surface area contributed by atoms with E-state index in [-0.39, 0.29) is 24.7 Å². The second-order valence-electron chi connectivity index (χ2n) is 4.82. The van der Waals surface area contributed by atoms with Crippen LogP contribution in [0.15, 0.2) is 18.7 Å². The molecule has 0 radical (unpaired) electrons.